The van der Waals surface area contributed by atoms with E-state index in [2.05, 4.69) is 4.98 Å². The average Bonchev–Trinajstić information content (AvgIpc) is 2.52. The van der Waals surface area contributed by atoms with Gasteiger partial charge in [0.1, 0.15) is 12.1 Å². The molecule has 0 aliphatic carbocycles. The Morgan fingerprint density at radius 2 is 2.38 bits per heavy atom. The van der Waals surface area contributed by atoms with Gasteiger partial charge >= 0.3 is 0 Å². The first-order valence-electron chi connectivity index (χ1n) is 4.54. The fraction of sp³-hybridized carbons (Fsp3) is 0.600. The molecule has 3 heteroatoms. The summed E-state index contributed by atoms with van der Waals surface area (Å²) < 4.78 is 1.96. The first-order chi connectivity index (χ1) is 6.11. The Kier molecular flexibility index (Phi) is 2.86. The van der Waals surface area contributed by atoms with Crippen molar-refractivity contribution in [1.82, 2.24) is 9.55 Å². The van der Waals surface area contributed by atoms with E-state index < -0.39 is 0 Å². The first-order valence-corrected chi connectivity index (χ1v) is 4.54. The molecule has 0 saturated heterocycles. The maximum atomic E-state index is 10.9. The van der Waals surface area contributed by atoms with Crippen molar-refractivity contribution in [3.8, 4) is 0 Å². The summed E-state index contributed by atoms with van der Waals surface area (Å²) in [6, 6.07) is 0. The van der Waals surface area contributed by atoms with Crippen LogP contribution >= 0.6 is 0 Å². The zero-order valence-electron chi connectivity index (χ0n) is 8.45. The Morgan fingerprint density at radius 3 is 2.77 bits per heavy atom. The molecular formula is C10H16N2O. The van der Waals surface area contributed by atoms with Gasteiger partial charge in [-0.15, -0.1) is 0 Å². The SMILES string of the molecule is CCC(C)(C=O)Cc1nccn1C. The van der Waals surface area contributed by atoms with Gasteiger partial charge in [0, 0.05) is 31.3 Å². The molecule has 0 bridgehead atoms. The fourth-order valence-corrected chi connectivity index (χ4v) is 1.18. The molecular weight excluding hydrogens is 164 g/mol. The zero-order chi connectivity index (χ0) is 9.90. The van der Waals surface area contributed by atoms with Crippen LogP contribution in [0.1, 0.15) is 26.1 Å². The van der Waals surface area contributed by atoms with Gasteiger partial charge in [0.15, 0.2) is 0 Å². The third kappa shape index (κ3) is 2.17. The third-order valence-corrected chi connectivity index (χ3v) is 2.58. The Balaban J connectivity index is 2.78. The number of hydrogen-bond acceptors (Lipinski definition) is 2. The second kappa shape index (κ2) is 3.73. The minimum absolute atomic E-state index is 0.265. The van der Waals surface area contributed by atoms with Crippen LogP contribution in [0, 0.1) is 5.41 Å². The fourth-order valence-electron chi connectivity index (χ4n) is 1.18. The summed E-state index contributed by atoms with van der Waals surface area (Å²) in [6.45, 7) is 3.99. The minimum Gasteiger partial charge on any atom is -0.338 e. The Bertz CT molecular complexity index is 293. The number of nitrogens with zero attached hydrogens (tertiary/aromatic N) is 2. The molecule has 0 fully saturated rings. The summed E-state index contributed by atoms with van der Waals surface area (Å²) >= 11 is 0. The van der Waals surface area contributed by atoms with Crippen molar-refractivity contribution in [1.29, 1.82) is 0 Å². The molecule has 0 N–H and O–H groups in total. The monoisotopic (exact) mass is 180 g/mol. The van der Waals surface area contributed by atoms with Gasteiger partial charge in [0.05, 0.1) is 0 Å². The molecule has 0 aliphatic rings. The predicted octanol–water partition coefficient (Wildman–Crippen LogP) is 1.58. The van der Waals surface area contributed by atoms with Gasteiger partial charge in [-0.2, -0.15) is 0 Å². The number of carbonyl (C=O) groups is 1. The highest BCUT2D eigenvalue weighted by molar-refractivity contribution is 5.58. The van der Waals surface area contributed by atoms with Gasteiger partial charge in [0.2, 0.25) is 0 Å². The maximum Gasteiger partial charge on any atom is 0.126 e. The highest BCUT2D eigenvalue weighted by atomic mass is 16.1. The van der Waals surface area contributed by atoms with E-state index in [9.17, 15) is 4.79 Å². The van der Waals surface area contributed by atoms with Gasteiger partial charge in [-0.05, 0) is 6.42 Å². The number of rotatable bonds is 4. The number of imidazole rings is 1. The molecule has 1 atom stereocenters. The lowest BCUT2D eigenvalue weighted by Gasteiger charge is -2.19. The van der Waals surface area contributed by atoms with E-state index in [1.54, 1.807) is 6.20 Å². The lowest BCUT2D eigenvalue weighted by molar-refractivity contribution is -0.115. The van der Waals surface area contributed by atoms with Crippen LogP contribution in [-0.4, -0.2) is 15.8 Å². The highest BCUT2D eigenvalue weighted by Crippen LogP contribution is 2.22. The minimum atomic E-state index is -0.265. The lowest BCUT2D eigenvalue weighted by atomic mass is 9.85. The van der Waals surface area contributed by atoms with Gasteiger partial charge in [-0.3, -0.25) is 0 Å². The molecule has 1 aromatic heterocycles. The van der Waals surface area contributed by atoms with Crippen LogP contribution in [0.3, 0.4) is 0 Å². The van der Waals surface area contributed by atoms with Crippen LogP contribution in [0.2, 0.25) is 0 Å². The molecule has 1 aromatic rings. The quantitative estimate of drug-likeness (QED) is 0.659. The number of aryl methyl sites for hydroxylation is 1. The van der Waals surface area contributed by atoms with E-state index in [-0.39, 0.29) is 5.41 Å². The molecule has 0 amide bonds. The van der Waals surface area contributed by atoms with Crippen LogP contribution in [0.15, 0.2) is 12.4 Å². The normalized spacial score (nSPS) is 15.3. The van der Waals surface area contributed by atoms with E-state index in [1.165, 1.54) is 0 Å². The van der Waals surface area contributed by atoms with Crippen LogP contribution in [0.4, 0.5) is 0 Å². The molecule has 0 spiro atoms. The van der Waals surface area contributed by atoms with E-state index in [4.69, 9.17) is 0 Å². The lowest BCUT2D eigenvalue weighted by Crippen LogP contribution is -2.22. The molecule has 72 valence electrons. The van der Waals surface area contributed by atoms with Crippen LogP contribution in [0.5, 0.6) is 0 Å². The summed E-state index contributed by atoms with van der Waals surface area (Å²) in [6.07, 6.45) is 6.26. The van der Waals surface area contributed by atoms with Gasteiger partial charge in [0.25, 0.3) is 0 Å². The topological polar surface area (TPSA) is 34.9 Å². The largest absolute Gasteiger partial charge is 0.338 e. The Morgan fingerprint density at radius 1 is 1.69 bits per heavy atom. The molecule has 1 heterocycles. The van der Waals surface area contributed by atoms with Crippen LogP contribution < -0.4 is 0 Å². The maximum absolute atomic E-state index is 10.9. The van der Waals surface area contributed by atoms with E-state index in [0.717, 1.165) is 25.0 Å². The molecule has 3 nitrogen and oxygen atoms in total. The van der Waals surface area contributed by atoms with Gasteiger partial charge in [-0.25, -0.2) is 4.98 Å². The third-order valence-electron chi connectivity index (χ3n) is 2.58. The first kappa shape index (κ1) is 9.96. The molecule has 1 unspecified atom stereocenters. The molecule has 13 heavy (non-hydrogen) atoms. The van der Waals surface area contributed by atoms with Gasteiger partial charge in [-0.1, -0.05) is 13.8 Å². The van der Waals surface area contributed by atoms with Crippen molar-refractivity contribution < 1.29 is 4.79 Å². The van der Waals surface area contributed by atoms with E-state index in [0.29, 0.717) is 0 Å². The molecule has 0 radical (unpaired) electrons. The molecule has 0 saturated carbocycles. The molecule has 1 rings (SSSR count). The van der Waals surface area contributed by atoms with E-state index in [1.807, 2.05) is 31.7 Å². The Labute approximate surface area is 78.8 Å². The Hall–Kier alpha value is -1.12. The van der Waals surface area contributed by atoms with Crippen LogP contribution in [-0.2, 0) is 18.3 Å². The number of aldehydes is 1. The number of hydrogen-bond donors (Lipinski definition) is 0. The summed E-state index contributed by atoms with van der Waals surface area (Å²) in [5, 5.41) is 0. The second-order valence-corrected chi connectivity index (χ2v) is 3.76. The van der Waals surface area contributed by atoms with Crippen molar-refractivity contribution in [3.63, 3.8) is 0 Å². The van der Waals surface area contributed by atoms with Crippen molar-refractivity contribution >= 4 is 6.29 Å². The van der Waals surface area contributed by atoms with Gasteiger partial charge < -0.3 is 9.36 Å². The zero-order valence-corrected chi connectivity index (χ0v) is 8.45. The number of carbonyl (C=O) groups excluding carboxylic acids is 1. The van der Waals surface area contributed by atoms with Crippen molar-refractivity contribution in [3.05, 3.63) is 18.2 Å². The molecule has 0 aliphatic heterocycles. The van der Waals surface area contributed by atoms with Crippen molar-refractivity contribution in [2.24, 2.45) is 12.5 Å². The van der Waals surface area contributed by atoms with Crippen molar-refractivity contribution in [2.45, 2.75) is 26.7 Å². The summed E-state index contributed by atoms with van der Waals surface area (Å²) in [7, 11) is 1.95. The number of aromatic nitrogens is 2. The summed E-state index contributed by atoms with van der Waals surface area (Å²) in [5.74, 6) is 0.969. The van der Waals surface area contributed by atoms with Crippen LogP contribution in [0.25, 0.3) is 0 Å². The predicted molar refractivity (Wildman–Crippen MR) is 51.4 cm³/mol. The second-order valence-electron chi connectivity index (χ2n) is 3.76. The van der Waals surface area contributed by atoms with E-state index >= 15 is 0 Å². The summed E-state index contributed by atoms with van der Waals surface area (Å²) in [5.41, 5.74) is -0.265. The summed E-state index contributed by atoms with van der Waals surface area (Å²) in [4.78, 5) is 15.1. The van der Waals surface area contributed by atoms with Crippen molar-refractivity contribution in [2.75, 3.05) is 0 Å². The smallest absolute Gasteiger partial charge is 0.126 e. The average molecular weight is 180 g/mol. The standard InChI is InChI=1S/C10H16N2O/c1-4-10(2,8-13)7-9-11-5-6-12(9)3/h5-6,8H,4,7H2,1-3H3. The highest BCUT2D eigenvalue weighted by Gasteiger charge is 2.23. The molecule has 0 aromatic carbocycles.